The van der Waals surface area contributed by atoms with Gasteiger partial charge >= 0.3 is 0 Å². The molecule has 1 heterocycles. The molecule has 0 spiro atoms. The number of pyridine rings is 1. The minimum Gasteiger partial charge on any atom is -0.494 e. The van der Waals surface area contributed by atoms with Crippen molar-refractivity contribution in [3.05, 3.63) is 58.9 Å². The summed E-state index contributed by atoms with van der Waals surface area (Å²) in [6.45, 7) is 3.86. The highest BCUT2D eigenvalue weighted by Crippen LogP contribution is 2.23. The van der Waals surface area contributed by atoms with Crippen LogP contribution in [0, 0.1) is 0 Å². The number of rotatable bonds is 8. The monoisotopic (exact) mass is 474 g/mol. The van der Waals surface area contributed by atoms with Gasteiger partial charge in [0, 0.05) is 36.4 Å². The summed E-state index contributed by atoms with van der Waals surface area (Å²) in [5.41, 5.74) is 7.95. The highest BCUT2D eigenvalue weighted by Gasteiger charge is 2.04. The SMILES string of the molecule is CCOc1ccc(Cl)cc1CCNC(N)=NCCc1ccccn1.I. The maximum atomic E-state index is 6.05. The van der Waals surface area contributed by atoms with E-state index in [4.69, 9.17) is 22.1 Å². The van der Waals surface area contributed by atoms with E-state index in [-0.39, 0.29) is 24.0 Å². The van der Waals surface area contributed by atoms with Crippen LogP contribution in [0.2, 0.25) is 5.02 Å². The van der Waals surface area contributed by atoms with Crippen LogP contribution in [0.15, 0.2) is 47.6 Å². The largest absolute Gasteiger partial charge is 0.494 e. The molecule has 0 fully saturated rings. The summed E-state index contributed by atoms with van der Waals surface area (Å²) < 4.78 is 5.61. The van der Waals surface area contributed by atoms with Crippen LogP contribution in [0.3, 0.4) is 0 Å². The smallest absolute Gasteiger partial charge is 0.188 e. The van der Waals surface area contributed by atoms with Gasteiger partial charge in [-0.2, -0.15) is 0 Å². The molecule has 0 bridgehead atoms. The fraction of sp³-hybridized carbons (Fsp3) is 0.333. The quantitative estimate of drug-likeness (QED) is 0.349. The van der Waals surface area contributed by atoms with Gasteiger partial charge in [-0.15, -0.1) is 24.0 Å². The molecule has 0 amide bonds. The van der Waals surface area contributed by atoms with Gasteiger partial charge in [-0.1, -0.05) is 17.7 Å². The van der Waals surface area contributed by atoms with E-state index in [1.807, 2.05) is 43.3 Å². The first-order valence-electron chi connectivity index (χ1n) is 8.04. The fourth-order valence-corrected chi connectivity index (χ4v) is 2.45. The maximum absolute atomic E-state index is 6.05. The first-order valence-corrected chi connectivity index (χ1v) is 8.41. The molecule has 2 rings (SSSR count). The van der Waals surface area contributed by atoms with E-state index in [1.165, 1.54) is 0 Å². The van der Waals surface area contributed by atoms with Crippen LogP contribution >= 0.6 is 35.6 Å². The van der Waals surface area contributed by atoms with Gasteiger partial charge in [-0.3, -0.25) is 9.98 Å². The number of nitrogens with one attached hydrogen (secondary N) is 1. The second kappa shape index (κ2) is 11.9. The predicted molar refractivity (Wildman–Crippen MR) is 114 cm³/mol. The Labute approximate surface area is 171 Å². The highest BCUT2D eigenvalue weighted by atomic mass is 127. The van der Waals surface area contributed by atoms with E-state index in [1.54, 1.807) is 6.20 Å². The van der Waals surface area contributed by atoms with Crippen molar-refractivity contribution in [1.82, 2.24) is 10.3 Å². The number of halogens is 2. The standard InChI is InChI=1S/C18H23ClN4O.HI/c1-2-24-17-7-6-15(19)13-14(17)8-11-22-18(20)23-12-9-16-5-3-4-10-21-16;/h3-7,10,13H,2,8-9,11-12H2,1H3,(H3,20,22,23);1H. The van der Waals surface area contributed by atoms with E-state index >= 15 is 0 Å². The average Bonchev–Trinajstić information content (AvgIpc) is 2.58. The zero-order chi connectivity index (χ0) is 17.2. The highest BCUT2D eigenvalue weighted by molar-refractivity contribution is 14.0. The lowest BCUT2D eigenvalue weighted by Gasteiger charge is -2.11. The molecule has 0 atom stereocenters. The molecule has 3 N–H and O–H groups in total. The molecule has 1 aromatic carbocycles. The molecule has 2 aromatic rings. The minimum absolute atomic E-state index is 0. The summed E-state index contributed by atoms with van der Waals surface area (Å²) >= 11 is 6.05. The number of hydrogen-bond acceptors (Lipinski definition) is 3. The van der Waals surface area contributed by atoms with E-state index in [0.717, 1.165) is 29.8 Å². The molecule has 25 heavy (non-hydrogen) atoms. The lowest BCUT2D eigenvalue weighted by Crippen LogP contribution is -2.33. The summed E-state index contributed by atoms with van der Waals surface area (Å²) in [5.74, 6) is 1.29. The van der Waals surface area contributed by atoms with Crippen LogP contribution in [-0.4, -0.2) is 30.6 Å². The summed E-state index contributed by atoms with van der Waals surface area (Å²) in [6, 6.07) is 11.5. The van der Waals surface area contributed by atoms with Gasteiger partial charge in [0.05, 0.1) is 6.61 Å². The third-order valence-corrected chi connectivity index (χ3v) is 3.63. The Bertz CT molecular complexity index is 667. The minimum atomic E-state index is 0. The molecular formula is C18H24ClIN4O. The first-order chi connectivity index (χ1) is 11.7. The van der Waals surface area contributed by atoms with Crippen molar-refractivity contribution in [3.63, 3.8) is 0 Å². The van der Waals surface area contributed by atoms with Gasteiger partial charge in [0.15, 0.2) is 5.96 Å². The Hall–Kier alpha value is -1.54. The molecule has 0 aliphatic heterocycles. The topological polar surface area (TPSA) is 72.5 Å². The molecule has 136 valence electrons. The second-order valence-electron chi connectivity index (χ2n) is 5.20. The molecule has 0 saturated carbocycles. The van der Waals surface area contributed by atoms with Gasteiger partial charge in [0.25, 0.3) is 0 Å². The lowest BCUT2D eigenvalue weighted by atomic mass is 10.1. The molecule has 0 unspecified atom stereocenters. The summed E-state index contributed by atoms with van der Waals surface area (Å²) in [7, 11) is 0. The average molecular weight is 475 g/mol. The van der Waals surface area contributed by atoms with Crippen molar-refractivity contribution in [2.75, 3.05) is 19.7 Å². The van der Waals surface area contributed by atoms with Gasteiger partial charge in [0.2, 0.25) is 0 Å². The molecule has 0 radical (unpaired) electrons. The van der Waals surface area contributed by atoms with Crippen molar-refractivity contribution >= 4 is 41.5 Å². The van der Waals surface area contributed by atoms with Crippen molar-refractivity contribution in [1.29, 1.82) is 0 Å². The van der Waals surface area contributed by atoms with Crippen LogP contribution in [-0.2, 0) is 12.8 Å². The zero-order valence-electron chi connectivity index (χ0n) is 14.2. The zero-order valence-corrected chi connectivity index (χ0v) is 17.3. The number of aromatic nitrogens is 1. The van der Waals surface area contributed by atoms with Crippen LogP contribution in [0.25, 0.3) is 0 Å². The molecule has 1 aromatic heterocycles. The molecule has 0 aliphatic rings. The van der Waals surface area contributed by atoms with Gasteiger partial charge in [-0.05, 0) is 49.2 Å². The van der Waals surface area contributed by atoms with E-state index in [0.29, 0.717) is 30.7 Å². The number of benzene rings is 1. The van der Waals surface area contributed by atoms with Crippen molar-refractivity contribution in [2.24, 2.45) is 10.7 Å². The van der Waals surface area contributed by atoms with Crippen molar-refractivity contribution < 1.29 is 4.74 Å². The molecule has 0 saturated heterocycles. The van der Waals surface area contributed by atoms with Gasteiger partial charge < -0.3 is 15.8 Å². The molecule has 7 heteroatoms. The Balaban J connectivity index is 0.00000312. The number of nitrogens with zero attached hydrogens (tertiary/aromatic N) is 2. The Morgan fingerprint density at radius 3 is 2.84 bits per heavy atom. The Kier molecular flexibility index (Phi) is 10.3. The first kappa shape index (κ1) is 21.5. The Morgan fingerprint density at radius 2 is 2.12 bits per heavy atom. The third kappa shape index (κ3) is 7.92. The number of nitrogens with two attached hydrogens (primary N) is 1. The van der Waals surface area contributed by atoms with Crippen LogP contribution in [0.1, 0.15) is 18.2 Å². The number of aliphatic imine (C=N–C) groups is 1. The van der Waals surface area contributed by atoms with E-state index in [2.05, 4.69) is 15.3 Å². The Morgan fingerprint density at radius 1 is 1.28 bits per heavy atom. The van der Waals surface area contributed by atoms with Crippen LogP contribution < -0.4 is 15.8 Å². The summed E-state index contributed by atoms with van der Waals surface area (Å²) in [6.07, 6.45) is 3.31. The lowest BCUT2D eigenvalue weighted by molar-refractivity contribution is 0.336. The van der Waals surface area contributed by atoms with Crippen molar-refractivity contribution in [2.45, 2.75) is 19.8 Å². The number of ether oxygens (including phenoxy) is 1. The third-order valence-electron chi connectivity index (χ3n) is 3.40. The fourth-order valence-electron chi connectivity index (χ4n) is 2.26. The summed E-state index contributed by atoms with van der Waals surface area (Å²) in [4.78, 5) is 8.57. The number of hydrogen-bond donors (Lipinski definition) is 2. The normalized spacial score (nSPS) is 10.9. The van der Waals surface area contributed by atoms with Crippen LogP contribution in [0.5, 0.6) is 5.75 Å². The van der Waals surface area contributed by atoms with E-state index < -0.39 is 0 Å². The van der Waals surface area contributed by atoms with Gasteiger partial charge in [0.1, 0.15) is 5.75 Å². The maximum Gasteiger partial charge on any atom is 0.188 e. The van der Waals surface area contributed by atoms with Gasteiger partial charge in [-0.25, -0.2) is 0 Å². The molecular weight excluding hydrogens is 451 g/mol. The molecule has 5 nitrogen and oxygen atoms in total. The summed E-state index contributed by atoms with van der Waals surface area (Å²) in [5, 5.41) is 3.81. The van der Waals surface area contributed by atoms with E-state index in [9.17, 15) is 0 Å². The van der Waals surface area contributed by atoms with Crippen LogP contribution in [0.4, 0.5) is 0 Å². The number of guanidine groups is 1. The molecule has 0 aliphatic carbocycles. The predicted octanol–water partition coefficient (Wildman–Crippen LogP) is 3.44. The second-order valence-corrected chi connectivity index (χ2v) is 5.64. The van der Waals surface area contributed by atoms with Crippen molar-refractivity contribution in [3.8, 4) is 5.75 Å².